The summed E-state index contributed by atoms with van der Waals surface area (Å²) in [6, 6.07) is 12.6. The minimum Gasteiger partial charge on any atom is -0.289 e. The van der Waals surface area contributed by atoms with E-state index in [1.54, 1.807) is 30.3 Å². The molecule has 0 aliphatic carbocycles. The molecule has 0 spiro atoms. The Balaban J connectivity index is 2.21. The fraction of sp³-hybridized carbons (Fsp3) is 0. The second-order valence-electron chi connectivity index (χ2n) is 4.35. The number of nitrogens with zero attached hydrogens (tertiary/aromatic N) is 2. The Morgan fingerprint density at radius 3 is 2.50 bits per heavy atom. The van der Waals surface area contributed by atoms with E-state index >= 15 is 0 Å². The summed E-state index contributed by atoms with van der Waals surface area (Å²) in [5, 5.41) is 19.5. The van der Waals surface area contributed by atoms with Crippen LogP contribution in [0.1, 0.15) is 21.5 Å². The molecule has 0 fully saturated rings. The van der Waals surface area contributed by atoms with Crippen LogP contribution in [0.3, 0.4) is 0 Å². The molecule has 5 nitrogen and oxygen atoms in total. The van der Waals surface area contributed by atoms with Crippen molar-refractivity contribution in [1.82, 2.24) is 0 Å². The first-order valence-corrected chi connectivity index (χ1v) is 6.55. The van der Waals surface area contributed by atoms with Crippen LogP contribution >= 0.6 is 11.6 Å². The Hall–Kier alpha value is -2.97. The first kappa shape index (κ1) is 15.4. The topological polar surface area (TPSA) is 84.0 Å². The molecule has 0 aromatic heterocycles. The second-order valence-corrected chi connectivity index (χ2v) is 4.76. The number of carbonyl (C=O) groups is 1. The highest BCUT2D eigenvalue weighted by atomic mass is 35.5. The maximum Gasteiger partial charge on any atom is 0.288 e. The number of nitro benzene ring substituents is 1. The van der Waals surface area contributed by atoms with Crippen LogP contribution < -0.4 is 0 Å². The number of allylic oxidation sites excluding steroid dienone is 1. The Bertz CT molecular complexity index is 805. The van der Waals surface area contributed by atoms with Crippen LogP contribution in [-0.2, 0) is 0 Å². The van der Waals surface area contributed by atoms with Gasteiger partial charge in [0.2, 0.25) is 0 Å². The van der Waals surface area contributed by atoms with Gasteiger partial charge in [-0.25, -0.2) is 0 Å². The lowest BCUT2D eigenvalue weighted by Gasteiger charge is -1.99. The van der Waals surface area contributed by atoms with Gasteiger partial charge in [-0.05, 0) is 35.9 Å². The molecule has 2 aromatic rings. The lowest BCUT2D eigenvalue weighted by atomic mass is 10.1. The van der Waals surface area contributed by atoms with Crippen LogP contribution in [0, 0.1) is 21.4 Å². The number of nitriles is 1. The van der Waals surface area contributed by atoms with Gasteiger partial charge in [0.15, 0.2) is 5.78 Å². The molecule has 2 aromatic carbocycles. The molecule has 108 valence electrons. The molecule has 2 rings (SSSR count). The Kier molecular flexibility index (Phi) is 4.66. The molecule has 0 saturated heterocycles. The molecule has 0 saturated carbocycles. The average Bonchev–Trinajstić information content (AvgIpc) is 2.53. The van der Waals surface area contributed by atoms with Crippen LogP contribution in [0.4, 0.5) is 5.69 Å². The minimum atomic E-state index is -0.635. The molecule has 0 heterocycles. The van der Waals surface area contributed by atoms with Gasteiger partial charge in [0.05, 0.1) is 16.6 Å². The molecule has 0 unspecified atom stereocenters. The largest absolute Gasteiger partial charge is 0.289 e. The first-order valence-electron chi connectivity index (χ1n) is 6.18. The van der Waals surface area contributed by atoms with E-state index in [-0.39, 0.29) is 22.1 Å². The quantitative estimate of drug-likeness (QED) is 0.369. The van der Waals surface area contributed by atoms with Crippen molar-refractivity contribution in [1.29, 1.82) is 5.26 Å². The summed E-state index contributed by atoms with van der Waals surface area (Å²) in [6.45, 7) is 0. The molecule has 0 bridgehead atoms. The molecular formula is C16H9ClN2O3. The van der Waals surface area contributed by atoms with E-state index < -0.39 is 4.92 Å². The van der Waals surface area contributed by atoms with Gasteiger partial charge in [0.25, 0.3) is 5.69 Å². The predicted octanol–water partition coefficient (Wildman–Crippen LogP) is 4.02. The number of carbonyl (C=O) groups excluding carboxylic acids is 1. The zero-order valence-electron chi connectivity index (χ0n) is 11.2. The first-order chi connectivity index (χ1) is 10.5. The summed E-state index contributed by atoms with van der Waals surface area (Å²) >= 11 is 5.70. The van der Waals surface area contributed by atoms with Crippen molar-refractivity contribution in [3.63, 3.8) is 0 Å². The predicted molar refractivity (Wildman–Crippen MR) is 82.6 cm³/mol. The van der Waals surface area contributed by atoms with Crippen LogP contribution in [0.15, 0.2) is 48.5 Å². The monoisotopic (exact) mass is 312 g/mol. The SMILES string of the molecule is N#Cc1ccc(C=CC(=O)c2ccc(Cl)c([N+](=O)[O-])c2)cc1. The molecule has 22 heavy (non-hydrogen) atoms. The number of halogens is 1. The molecule has 0 radical (unpaired) electrons. The van der Waals surface area contributed by atoms with E-state index in [4.69, 9.17) is 16.9 Å². The highest BCUT2D eigenvalue weighted by Gasteiger charge is 2.14. The zero-order chi connectivity index (χ0) is 16.1. The van der Waals surface area contributed by atoms with Gasteiger partial charge in [0.1, 0.15) is 5.02 Å². The van der Waals surface area contributed by atoms with Crippen molar-refractivity contribution in [3.8, 4) is 6.07 Å². The van der Waals surface area contributed by atoms with E-state index in [1.807, 2.05) is 6.07 Å². The van der Waals surface area contributed by atoms with Gasteiger partial charge in [-0.3, -0.25) is 14.9 Å². The molecule has 0 atom stereocenters. The summed E-state index contributed by atoms with van der Waals surface area (Å²) in [4.78, 5) is 22.2. The molecule has 0 N–H and O–H groups in total. The second kappa shape index (κ2) is 6.66. The number of nitro groups is 1. The summed E-state index contributed by atoms with van der Waals surface area (Å²) in [5.74, 6) is -0.371. The van der Waals surface area contributed by atoms with Gasteiger partial charge in [-0.2, -0.15) is 5.26 Å². The fourth-order valence-electron chi connectivity index (χ4n) is 1.74. The average molecular weight is 313 g/mol. The smallest absolute Gasteiger partial charge is 0.288 e. The van der Waals surface area contributed by atoms with Crippen LogP contribution in [0.25, 0.3) is 6.08 Å². The summed E-state index contributed by atoms with van der Waals surface area (Å²) < 4.78 is 0. The van der Waals surface area contributed by atoms with E-state index in [0.29, 0.717) is 5.56 Å². The number of benzene rings is 2. The summed E-state index contributed by atoms with van der Waals surface area (Å²) in [7, 11) is 0. The van der Waals surface area contributed by atoms with Crippen LogP contribution in [-0.4, -0.2) is 10.7 Å². The van der Waals surface area contributed by atoms with E-state index in [0.717, 1.165) is 11.6 Å². The van der Waals surface area contributed by atoms with Gasteiger partial charge in [-0.15, -0.1) is 0 Å². The maximum atomic E-state index is 12.0. The van der Waals surface area contributed by atoms with Crippen molar-refractivity contribution in [3.05, 3.63) is 80.4 Å². The van der Waals surface area contributed by atoms with Crippen LogP contribution in [0.2, 0.25) is 5.02 Å². The summed E-state index contributed by atoms with van der Waals surface area (Å²) in [5.41, 5.74) is 1.15. The zero-order valence-corrected chi connectivity index (χ0v) is 11.9. The number of hydrogen-bond acceptors (Lipinski definition) is 4. The fourth-order valence-corrected chi connectivity index (χ4v) is 1.93. The lowest BCUT2D eigenvalue weighted by molar-refractivity contribution is -0.384. The van der Waals surface area contributed by atoms with Crippen molar-refractivity contribution in [2.75, 3.05) is 0 Å². The Morgan fingerprint density at radius 2 is 1.91 bits per heavy atom. The Labute approximate surface area is 131 Å². The minimum absolute atomic E-state index is 0.0161. The number of hydrogen-bond donors (Lipinski definition) is 0. The van der Waals surface area contributed by atoms with E-state index in [9.17, 15) is 14.9 Å². The molecule has 0 amide bonds. The van der Waals surface area contributed by atoms with Gasteiger partial charge in [-0.1, -0.05) is 29.8 Å². The van der Waals surface area contributed by atoms with Crippen molar-refractivity contribution in [2.24, 2.45) is 0 Å². The van der Waals surface area contributed by atoms with Gasteiger partial charge < -0.3 is 0 Å². The maximum absolute atomic E-state index is 12.0. The van der Waals surface area contributed by atoms with Gasteiger partial charge >= 0.3 is 0 Å². The van der Waals surface area contributed by atoms with E-state index in [1.165, 1.54) is 18.2 Å². The standard InChI is InChI=1S/C16H9ClN2O3/c17-14-7-6-13(9-15(14)19(21)22)16(20)8-5-11-1-3-12(10-18)4-2-11/h1-9H. The highest BCUT2D eigenvalue weighted by molar-refractivity contribution is 6.32. The molecular weight excluding hydrogens is 304 g/mol. The third-order valence-corrected chi connectivity index (χ3v) is 3.21. The normalized spacial score (nSPS) is 10.4. The van der Waals surface area contributed by atoms with Crippen molar-refractivity contribution >= 4 is 29.1 Å². The highest BCUT2D eigenvalue weighted by Crippen LogP contribution is 2.25. The third-order valence-electron chi connectivity index (χ3n) is 2.89. The van der Waals surface area contributed by atoms with Crippen molar-refractivity contribution in [2.45, 2.75) is 0 Å². The number of rotatable bonds is 4. The van der Waals surface area contributed by atoms with Crippen molar-refractivity contribution < 1.29 is 9.72 Å². The molecule has 0 aliphatic heterocycles. The number of ketones is 1. The third kappa shape index (κ3) is 3.57. The summed E-state index contributed by atoms with van der Waals surface area (Å²) in [6.07, 6.45) is 2.89. The van der Waals surface area contributed by atoms with Gasteiger partial charge in [0, 0.05) is 11.6 Å². The van der Waals surface area contributed by atoms with E-state index in [2.05, 4.69) is 0 Å². The molecule has 6 heteroatoms. The lowest BCUT2D eigenvalue weighted by Crippen LogP contribution is -1.97. The molecule has 0 aliphatic rings. The van der Waals surface area contributed by atoms with Crippen LogP contribution in [0.5, 0.6) is 0 Å². The Morgan fingerprint density at radius 1 is 1.23 bits per heavy atom.